The highest BCUT2D eigenvalue weighted by Crippen LogP contribution is 2.23. The van der Waals surface area contributed by atoms with Crippen molar-refractivity contribution >= 4 is 0 Å². The number of hydrogen-bond donors (Lipinski definition) is 1. The Morgan fingerprint density at radius 3 is 2.41 bits per heavy atom. The van der Waals surface area contributed by atoms with E-state index >= 15 is 0 Å². The molecule has 1 fully saturated rings. The van der Waals surface area contributed by atoms with E-state index in [1.54, 1.807) is 0 Å². The molecule has 0 aromatic rings. The first-order valence-electron chi connectivity index (χ1n) is 7.67. The maximum atomic E-state index is 3.56. The summed E-state index contributed by atoms with van der Waals surface area (Å²) in [7, 11) is 0. The molecular formula is C15H32N2. The molecule has 0 atom stereocenters. The molecule has 1 N–H and O–H groups in total. The molecule has 0 bridgehead atoms. The zero-order valence-corrected chi connectivity index (χ0v) is 12.2. The molecule has 0 aliphatic carbocycles. The Hall–Kier alpha value is -0.0800. The van der Waals surface area contributed by atoms with Gasteiger partial charge in [0.05, 0.1) is 0 Å². The monoisotopic (exact) mass is 240 g/mol. The molecule has 1 aliphatic rings. The Morgan fingerprint density at radius 1 is 1.12 bits per heavy atom. The number of unbranched alkanes of at least 4 members (excludes halogenated alkanes) is 2. The largest absolute Gasteiger partial charge is 0.315 e. The first kappa shape index (κ1) is 15.0. The molecule has 0 aromatic carbocycles. The number of nitrogens with zero attached hydrogens (tertiary/aromatic N) is 1. The van der Waals surface area contributed by atoms with E-state index in [-0.39, 0.29) is 0 Å². The molecule has 1 heterocycles. The van der Waals surface area contributed by atoms with Gasteiger partial charge in [0.1, 0.15) is 0 Å². The van der Waals surface area contributed by atoms with E-state index in [1.165, 1.54) is 64.8 Å². The number of hydrogen-bond acceptors (Lipinski definition) is 2. The summed E-state index contributed by atoms with van der Waals surface area (Å²) in [6, 6.07) is 0. The second-order valence-corrected chi connectivity index (χ2v) is 5.88. The van der Waals surface area contributed by atoms with E-state index in [2.05, 4.69) is 31.0 Å². The quantitative estimate of drug-likeness (QED) is 0.656. The number of piperidine rings is 1. The van der Waals surface area contributed by atoms with Gasteiger partial charge in [-0.05, 0) is 50.7 Å². The first-order valence-corrected chi connectivity index (χ1v) is 7.67. The number of likely N-dealkylation sites (tertiary alicyclic amines) is 1. The van der Waals surface area contributed by atoms with Crippen LogP contribution in [0.15, 0.2) is 0 Å². The lowest BCUT2D eigenvalue weighted by molar-refractivity contribution is 0.158. The molecule has 0 radical (unpaired) electrons. The average molecular weight is 240 g/mol. The molecule has 0 spiro atoms. The maximum Gasteiger partial charge on any atom is 0.0107 e. The molecule has 0 amide bonds. The SMILES string of the molecule is CCCCCNCCN1CCC(C(C)C)CC1. The van der Waals surface area contributed by atoms with Gasteiger partial charge < -0.3 is 10.2 Å². The Labute approximate surface area is 108 Å². The normalized spacial score (nSPS) is 19.1. The molecule has 2 heteroatoms. The fraction of sp³-hybridized carbons (Fsp3) is 1.00. The number of rotatable bonds is 8. The van der Waals surface area contributed by atoms with E-state index in [9.17, 15) is 0 Å². The fourth-order valence-corrected chi connectivity index (χ4v) is 2.71. The standard InChI is InChI=1S/C15H32N2/c1-4-5-6-9-16-10-13-17-11-7-15(8-12-17)14(2)3/h14-16H,4-13H2,1-3H3. The predicted octanol–water partition coefficient (Wildman–Crippen LogP) is 3.13. The summed E-state index contributed by atoms with van der Waals surface area (Å²) < 4.78 is 0. The third-order valence-electron chi connectivity index (χ3n) is 4.14. The molecule has 102 valence electrons. The lowest BCUT2D eigenvalue weighted by Gasteiger charge is -2.33. The zero-order chi connectivity index (χ0) is 12.5. The number of nitrogens with one attached hydrogen (secondary N) is 1. The van der Waals surface area contributed by atoms with E-state index in [0.717, 1.165) is 11.8 Å². The third kappa shape index (κ3) is 6.42. The van der Waals surface area contributed by atoms with Crippen molar-refractivity contribution in [2.45, 2.75) is 52.9 Å². The van der Waals surface area contributed by atoms with Crippen LogP contribution in [0.25, 0.3) is 0 Å². The van der Waals surface area contributed by atoms with Crippen LogP contribution in [-0.2, 0) is 0 Å². The molecule has 1 aliphatic heterocycles. The van der Waals surface area contributed by atoms with Gasteiger partial charge in [0, 0.05) is 13.1 Å². The van der Waals surface area contributed by atoms with Gasteiger partial charge >= 0.3 is 0 Å². The van der Waals surface area contributed by atoms with Crippen LogP contribution in [0.2, 0.25) is 0 Å². The molecule has 1 rings (SSSR count). The Morgan fingerprint density at radius 2 is 1.82 bits per heavy atom. The molecule has 0 aromatic heterocycles. The van der Waals surface area contributed by atoms with Gasteiger partial charge in [-0.3, -0.25) is 0 Å². The zero-order valence-electron chi connectivity index (χ0n) is 12.2. The summed E-state index contributed by atoms with van der Waals surface area (Å²) in [5.41, 5.74) is 0. The summed E-state index contributed by atoms with van der Waals surface area (Å²) in [6.45, 7) is 13.3. The highest BCUT2D eigenvalue weighted by molar-refractivity contribution is 4.74. The fourth-order valence-electron chi connectivity index (χ4n) is 2.71. The summed E-state index contributed by atoms with van der Waals surface area (Å²) in [5, 5.41) is 3.56. The van der Waals surface area contributed by atoms with E-state index < -0.39 is 0 Å². The van der Waals surface area contributed by atoms with Crippen LogP contribution in [-0.4, -0.2) is 37.6 Å². The van der Waals surface area contributed by atoms with Crippen LogP contribution in [0.4, 0.5) is 0 Å². The second kappa shape index (κ2) is 8.93. The molecular weight excluding hydrogens is 208 g/mol. The molecule has 0 saturated carbocycles. The summed E-state index contributed by atoms with van der Waals surface area (Å²) in [4.78, 5) is 2.63. The van der Waals surface area contributed by atoms with Gasteiger partial charge in [0.15, 0.2) is 0 Å². The van der Waals surface area contributed by atoms with Crippen LogP contribution in [0.5, 0.6) is 0 Å². The van der Waals surface area contributed by atoms with E-state index in [0.29, 0.717) is 0 Å². The van der Waals surface area contributed by atoms with Crippen molar-refractivity contribution in [1.29, 1.82) is 0 Å². The van der Waals surface area contributed by atoms with Crippen molar-refractivity contribution in [1.82, 2.24) is 10.2 Å². The van der Waals surface area contributed by atoms with Crippen molar-refractivity contribution in [2.24, 2.45) is 11.8 Å². The molecule has 17 heavy (non-hydrogen) atoms. The van der Waals surface area contributed by atoms with Crippen molar-refractivity contribution < 1.29 is 0 Å². The van der Waals surface area contributed by atoms with Crippen molar-refractivity contribution in [2.75, 3.05) is 32.7 Å². The molecule has 0 unspecified atom stereocenters. The highest BCUT2D eigenvalue weighted by atomic mass is 15.1. The van der Waals surface area contributed by atoms with Crippen molar-refractivity contribution in [3.63, 3.8) is 0 Å². The van der Waals surface area contributed by atoms with Gasteiger partial charge in [-0.2, -0.15) is 0 Å². The minimum absolute atomic E-state index is 0.879. The summed E-state index contributed by atoms with van der Waals surface area (Å²) in [5.74, 6) is 1.85. The van der Waals surface area contributed by atoms with Gasteiger partial charge in [-0.1, -0.05) is 33.6 Å². The average Bonchev–Trinajstić information content (AvgIpc) is 2.34. The van der Waals surface area contributed by atoms with E-state index in [1.807, 2.05) is 0 Å². The smallest absolute Gasteiger partial charge is 0.0107 e. The maximum absolute atomic E-state index is 3.56. The summed E-state index contributed by atoms with van der Waals surface area (Å²) in [6.07, 6.45) is 6.85. The van der Waals surface area contributed by atoms with Gasteiger partial charge in [0.25, 0.3) is 0 Å². The Balaban J connectivity index is 1.95. The van der Waals surface area contributed by atoms with Crippen LogP contribution >= 0.6 is 0 Å². The van der Waals surface area contributed by atoms with Gasteiger partial charge in [-0.25, -0.2) is 0 Å². The Bertz CT molecular complexity index is 172. The lowest BCUT2D eigenvalue weighted by atomic mass is 9.87. The minimum atomic E-state index is 0.879. The Kier molecular flexibility index (Phi) is 7.87. The third-order valence-corrected chi connectivity index (χ3v) is 4.14. The van der Waals surface area contributed by atoms with Crippen LogP contribution in [0, 0.1) is 11.8 Å². The first-order chi connectivity index (χ1) is 8.24. The van der Waals surface area contributed by atoms with Crippen molar-refractivity contribution in [3.05, 3.63) is 0 Å². The lowest BCUT2D eigenvalue weighted by Crippen LogP contribution is -2.39. The summed E-state index contributed by atoms with van der Waals surface area (Å²) >= 11 is 0. The minimum Gasteiger partial charge on any atom is -0.315 e. The van der Waals surface area contributed by atoms with Crippen molar-refractivity contribution in [3.8, 4) is 0 Å². The molecule has 1 saturated heterocycles. The van der Waals surface area contributed by atoms with Crippen LogP contribution in [0.1, 0.15) is 52.9 Å². The van der Waals surface area contributed by atoms with E-state index in [4.69, 9.17) is 0 Å². The van der Waals surface area contributed by atoms with Crippen LogP contribution < -0.4 is 5.32 Å². The van der Waals surface area contributed by atoms with Crippen LogP contribution in [0.3, 0.4) is 0 Å². The van der Waals surface area contributed by atoms with Gasteiger partial charge in [-0.15, -0.1) is 0 Å². The topological polar surface area (TPSA) is 15.3 Å². The predicted molar refractivity (Wildman–Crippen MR) is 76.4 cm³/mol. The van der Waals surface area contributed by atoms with Gasteiger partial charge in [0.2, 0.25) is 0 Å². The highest BCUT2D eigenvalue weighted by Gasteiger charge is 2.20. The second-order valence-electron chi connectivity index (χ2n) is 5.88. The molecule has 2 nitrogen and oxygen atoms in total.